The molecular weight excluding hydrogens is 378 g/mol. The summed E-state index contributed by atoms with van der Waals surface area (Å²) in [6.45, 7) is 4.84. The Hall–Kier alpha value is -3.80. The van der Waals surface area contributed by atoms with E-state index in [4.69, 9.17) is 9.47 Å². The molecule has 4 rings (SSSR count). The Morgan fingerprint density at radius 1 is 0.967 bits per heavy atom. The highest BCUT2D eigenvalue weighted by Gasteiger charge is 2.15. The summed E-state index contributed by atoms with van der Waals surface area (Å²) < 4.78 is 11.2. The molecule has 0 bridgehead atoms. The maximum Gasteiger partial charge on any atom is 0.273 e. The number of nitrogens with zero attached hydrogens (tertiary/aromatic N) is 1. The van der Waals surface area contributed by atoms with Crippen LogP contribution in [0.15, 0.2) is 66.7 Å². The molecule has 4 aromatic rings. The van der Waals surface area contributed by atoms with Crippen LogP contribution in [-0.2, 0) is 0 Å². The van der Waals surface area contributed by atoms with E-state index in [1.165, 1.54) is 0 Å². The number of amides is 1. The average molecular weight is 401 g/mol. The predicted molar refractivity (Wildman–Crippen MR) is 118 cm³/mol. The van der Waals surface area contributed by atoms with Crippen LogP contribution in [0.5, 0.6) is 11.5 Å². The Kier molecular flexibility index (Phi) is 5.66. The van der Waals surface area contributed by atoms with Crippen LogP contribution in [0.3, 0.4) is 0 Å². The van der Waals surface area contributed by atoms with Gasteiger partial charge in [-0.15, -0.1) is 0 Å². The lowest BCUT2D eigenvalue weighted by molar-refractivity contribution is 0.102. The number of carbonyl (C=O) groups excluding carboxylic acids is 1. The fourth-order valence-corrected chi connectivity index (χ4v) is 3.36. The van der Waals surface area contributed by atoms with Crippen molar-refractivity contribution in [1.29, 1.82) is 0 Å². The number of ether oxygens (including phenoxy) is 2. The van der Waals surface area contributed by atoms with E-state index >= 15 is 0 Å². The van der Waals surface area contributed by atoms with Crippen molar-refractivity contribution in [3.05, 3.63) is 72.4 Å². The molecular formula is C24H23N3O3. The highest BCUT2D eigenvalue weighted by atomic mass is 16.5. The maximum absolute atomic E-state index is 12.9. The van der Waals surface area contributed by atoms with E-state index in [0.717, 1.165) is 16.3 Å². The quantitative estimate of drug-likeness (QED) is 0.442. The number of hydrogen-bond donors (Lipinski definition) is 2. The number of rotatable bonds is 7. The Labute approximate surface area is 174 Å². The van der Waals surface area contributed by atoms with Crippen LogP contribution in [0, 0.1) is 0 Å². The van der Waals surface area contributed by atoms with E-state index in [1.54, 1.807) is 18.2 Å². The number of carbonyl (C=O) groups is 1. The minimum atomic E-state index is -0.302. The van der Waals surface area contributed by atoms with E-state index in [1.807, 2.05) is 50.2 Å². The van der Waals surface area contributed by atoms with Gasteiger partial charge >= 0.3 is 0 Å². The van der Waals surface area contributed by atoms with Gasteiger partial charge in [0.05, 0.1) is 24.6 Å². The Morgan fingerprint density at radius 2 is 1.77 bits per heavy atom. The monoisotopic (exact) mass is 401 g/mol. The molecule has 1 heterocycles. The third-order valence-electron chi connectivity index (χ3n) is 4.70. The molecule has 6 heteroatoms. The lowest BCUT2D eigenvalue weighted by Crippen LogP contribution is -2.13. The number of H-pyrrole nitrogens is 1. The summed E-state index contributed by atoms with van der Waals surface area (Å²) in [6, 6.07) is 21.3. The van der Waals surface area contributed by atoms with Crippen LogP contribution >= 0.6 is 0 Å². The number of fused-ring (bicyclic) bond motifs is 1. The molecule has 0 aliphatic rings. The van der Waals surface area contributed by atoms with Crippen molar-refractivity contribution in [3.8, 4) is 22.8 Å². The van der Waals surface area contributed by atoms with Crippen molar-refractivity contribution in [2.75, 3.05) is 18.5 Å². The first kappa shape index (κ1) is 19.5. The van der Waals surface area contributed by atoms with Gasteiger partial charge in [0.1, 0.15) is 17.2 Å². The molecule has 0 saturated carbocycles. The van der Waals surface area contributed by atoms with Gasteiger partial charge in [0.25, 0.3) is 5.91 Å². The van der Waals surface area contributed by atoms with Crippen molar-refractivity contribution < 1.29 is 14.3 Å². The van der Waals surface area contributed by atoms with Crippen molar-refractivity contribution in [2.45, 2.75) is 13.8 Å². The number of aromatic nitrogens is 2. The summed E-state index contributed by atoms with van der Waals surface area (Å²) in [7, 11) is 0. The van der Waals surface area contributed by atoms with Gasteiger partial charge in [0.15, 0.2) is 0 Å². The summed E-state index contributed by atoms with van der Waals surface area (Å²) in [4.78, 5) is 12.9. The molecule has 0 unspecified atom stereocenters. The predicted octanol–water partition coefficient (Wildman–Crippen LogP) is 5.28. The summed E-state index contributed by atoms with van der Waals surface area (Å²) in [6.07, 6.45) is 0. The molecule has 3 aromatic carbocycles. The van der Waals surface area contributed by atoms with E-state index in [9.17, 15) is 4.79 Å². The first-order valence-electron chi connectivity index (χ1n) is 9.94. The molecule has 30 heavy (non-hydrogen) atoms. The molecule has 152 valence electrons. The van der Waals surface area contributed by atoms with Crippen LogP contribution in [0.1, 0.15) is 24.3 Å². The Bertz CT molecular complexity index is 1180. The number of nitrogens with one attached hydrogen (secondary N) is 2. The fraction of sp³-hybridized carbons (Fsp3) is 0.167. The van der Waals surface area contributed by atoms with Gasteiger partial charge in [0.2, 0.25) is 0 Å². The van der Waals surface area contributed by atoms with Crippen LogP contribution in [0.4, 0.5) is 5.69 Å². The number of aromatic amines is 1. The summed E-state index contributed by atoms with van der Waals surface area (Å²) in [5, 5.41) is 12.3. The van der Waals surface area contributed by atoms with Crippen LogP contribution < -0.4 is 14.8 Å². The second-order valence-electron chi connectivity index (χ2n) is 6.67. The normalized spacial score (nSPS) is 10.7. The largest absolute Gasteiger partial charge is 0.494 e. The van der Waals surface area contributed by atoms with Gasteiger partial charge in [-0.2, -0.15) is 5.10 Å². The minimum absolute atomic E-state index is 0.302. The lowest BCUT2D eigenvalue weighted by atomic mass is 10.0. The molecule has 0 aliphatic carbocycles. The van der Waals surface area contributed by atoms with Gasteiger partial charge in [-0.05, 0) is 42.8 Å². The average Bonchev–Trinajstić information content (AvgIpc) is 3.26. The summed E-state index contributed by atoms with van der Waals surface area (Å²) >= 11 is 0. The first-order chi connectivity index (χ1) is 14.7. The van der Waals surface area contributed by atoms with E-state index in [-0.39, 0.29) is 5.91 Å². The first-order valence-corrected chi connectivity index (χ1v) is 9.94. The molecule has 0 atom stereocenters. The highest BCUT2D eigenvalue weighted by Crippen LogP contribution is 2.31. The Morgan fingerprint density at radius 3 is 2.60 bits per heavy atom. The minimum Gasteiger partial charge on any atom is -0.494 e. The summed E-state index contributed by atoms with van der Waals surface area (Å²) in [5.41, 5.74) is 2.60. The van der Waals surface area contributed by atoms with E-state index in [0.29, 0.717) is 41.8 Å². The standard InChI is InChI=1S/C24H23N3O3/c1-3-29-17-12-13-23(30-4-2)21(14-17)25-24(28)22-15-20(26-27-22)19-11-7-9-16-8-5-6-10-18(16)19/h5-15H,3-4H2,1-2H3,(H,25,28)(H,26,27). The SMILES string of the molecule is CCOc1ccc(OCC)c(NC(=O)c2cc(-c3cccc4ccccc34)n[nH]2)c1. The zero-order valence-electron chi connectivity index (χ0n) is 16.9. The van der Waals surface area contributed by atoms with Crippen LogP contribution in [0.2, 0.25) is 0 Å². The smallest absolute Gasteiger partial charge is 0.273 e. The van der Waals surface area contributed by atoms with E-state index < -0.39 is 0 Å². The maximum atomic E-state index is 12.9. The molecule has 1 amide bonds. The van der Waals surface area contributed by atoms with Gasteiger partial charge in [0, 0.05) is 11.6 Å². The fourth-order valence-electron chi connectivity index (χ4n) is 3.36. The van der Waals surface area contributed by atoms with Crippen LogP contribution in [-0.4, -0.2) is 29.3 Å². The molecule has 6 nitrogen and oxygen atoms in total. The zero-order valence-corrected chi connectivity index (χ0v) is 16.9. The van der Waals surface area contributed by atoms with Gasteiger partial charge in [-0.3, -0.25) is 9.89 Å². The molecule has 0 radical (unpaired) electrons. The number of benzene rings is 3. The molecule has 1 aromatic heterocycles. The van der Waals surface area contributed by atoms with Crippen LogP contribution in [0.25, 0.3) is 22.0 Å². The molecule has 0 aliphatic heterocycles. The van der Waals surface area contributed by atoms with Gasteiger partial charge < -0.3 is 14.8 Å². The molecule has 0 spiro atoms. The van der Waals surface area contributed by atoms with Crippen molar-refractivity contribution in [3.63, 3.8) is 0 Å². The highest BCUT2D eigenvalue weighted by molar-refractivity contribution is 6.05. The topological polar surface area (TPSA) is 76.2 Å². The number of hydrogen-bond acceptors (Lipinski definition) is 4. The molecule has 2 N–H and O–H groups in total. The number of anilines is 1. The molecule has 0 saturated heterocycles. The van der Waals surface area contributed by atoms with Crippen molar-refractivity contribution in [2.24, 2.45) is 0 Å². The zero-order chi connectivity index (χ0) is 20.9. The second-order valence-corrected chi connectivity index (χ2v) is 6.67. The third kappa shape index (κ3) is 3.98. The summed E-state index contributed by atoms with van der Waals surface area (Å²) in [5.74, 6) is 0.948. The Balaban J connectivity index is 1.61. The lowest BCUT2D eigenvalue weighted by Gasteiger charge is -2.13. The van der Waals surface area contributed by atoms with Crippen molar-refractivity contribution >= 4 is 22.4 Å². The third-order valence-corrected chi connectivity index (χ3v) is 4.70. The van der Waals surface area contributed by atoms with Gasteiger partial charge in [-0.1, -0.05) is 42.5 Å². The molecule has 0 fully saturated rings. The van der Waals surface area contributed by atoms with Gasteiger partial charge in [-0.25, -0.2) is 0 Å². The van der Waals surface area contributed by atoms with Crippen molar-refractivity contribution in [1.82, 2.24) is 10.2 Å². The van der Waals surface area contributed by atoms with E-state index in [2.05, 4.69) is 27.6 Å². The second kappa shape index (κ2) is 8.69.